The van der Waals surface area contributed by atoms with Crippen molar-refractivity contribution in [2.45, 2.75) is 0 Å². The Balaban J connectivity index is 3.33. The Morgan fingerprint density at radius 2 is 2.05 bits per heavy atom. The van der Waals surface area contributed by atoms with Crippen molar-refractivity contribution in [3.63, 3.8) is 0 Å². The van der Waals surface area contributed by atoms with Crippen LogP contribution in [0.2, 0.25) is 0 Å². The number of halogens is 1. The lowest BCUT2D eigenvalue weighted by Gasteiger charge is -2.11. The van der Waals surface area contributed by atoms with Crippen molar-refractivity contribution in [2.75, 3.05) is 26.7 Å². The minimum atomic E-state index is -0.829. The minimum absolute atomic E-state index is 0.143. The van der Waals surface area contributed by atoms with Crippen molar-refractivity contribution in [3.8, 4) is 11.5 Å². The zero-order valence-corrected chi connectivity index (χ0v) is 11.1. The lowest BCUT2D eigenvalue weighted by atomic mass is 10.1. The molecular weight excluding hydrogens is 278 g/mol. The summed E-state index contributed by atoms with van der Waals surface area (Å²) in [5, 5.41) is 10.9. The summed E-state index contributed by atoms with van der Waals surface area (Å²) < 4.78 is 14.7. The van der Waals surface area contributed by atoms with Gasteiger partial charge in [-0.15, -0.1) is 11.6 Å². The second kappa shape index (κ2) is 6.79. The first-order valence-electron chi connectivity index (χ1n) is 5.18. The van der Waals surface area contributed by atoms with E-state index in [9.17, 15) is 14.9 Å². The highest BCUT2D eigenvalue weighted by atomic mass is 35.5. The largest absolute Gasteiger partial charge is 0.493 e. The number of hydrogen-bond donors (Lipinski definition) is 0. The van der Waals surface area contributed by atoms with Crippen LogP contribution in [0.25, 0.3) is 0 Å². The molecule has 0 amide bonds. The number of nitrogens with zero attached hydrogens (tertiary/aromatic N) is 1. The summed E-state index contributed by atoms with van der Waals surface area (Å²) in [6, 6.07) is 2.31. The maximum Gasteiger partial charge on any atom is 0.345 e. The fourth-order valence-electron chi connectivity index (χ4n) is 1.39. The van der Waals surface area contributed by atoms with Gasteiger partial charge in [-0.25, -0.2) is 4.79 Å². The molecule has 0 saturated heterocycles. The molecule has 0 bridgehead atoms. The minimum Gasteiger partial charge on any atom is -0.493 e. The summed E-state index contributed by atoms with van der Waals surface area (Å²) in [5.74, 6) is -0.267. The number of nitro benzene ring substituents is 1. The van der Waals surface area contributed by atoms with E-state index in [1.807, 2.05) is 0 Å². The number of rotatable bonds is 6. The van der Waals surface area contributed by atoms with Crippen molar-refractivity contribution >= 4 is 23.3 Å². The van der Waals surface area contributed by atoms with Crippen molar-refractivity contribution in [3.05, 3.63) is 27.8 Å². The molecule has 0 radical (unpaired) electrons. The van der Waals surface area contributed by atoms with E-state index in [1.54, 1.807) is 0 Å². The SMILES string of the molecule is COC(=O)c1cc(OCCCl)c(OC)cc1[N+](=O)[O-]. The van der Waals surface area contributed by atoms with Crippen LogP contribution >= 0.6 is 11.6 Å². The van der Waals surface area contributed by atoms with Crippen LogP contribution in [-0.2, 0) is 4.74 Å². The summed E-state index contributed by atoms with van der Waals surface area (Å²) in [5.41, 5.74) is -0.625. The number of nitro groups is 1. The zero-order valence-electron chi connectivity index (χ0n) is 10.3. The Labute approximate surface area is 114 Å². The second-order valence-electron chi connectivity index (χ2n) is 3.31. The van der Waals surface area contributed by atoms with E-state index < -0.39 is 16.6 Å². The van der Waals surface area contributed by atoms with Gasteiger partial charge >= 0.3 is 5.97 Å². The van der Waals surface area contributed by atoms with Gasteiger partial charge < -0.3 is 14.2 Å². The van der Waals surface area contributed by atoms with Gasteiger partial charge in [0.15, 0.2) is 11.5 Å². The standard InChI is InChI=1S/C11H12ClNO6/c1-17-9-6-8(13(15)16)7(11(14)18-2)5-10(9)19-4-3-12/h5-6H,3-4H2,1-2H3. The number of carbonyl (C=O) groups is 1. The average molecular weight is 290 g/mol. The number of methoxy groups -OCH3 is 2. The quantitative estimate of drug-likeness (QED) is 0.344. The molecule has 0 heterocycles. The molecule has 1 aromatic carbocycles. The van der Waals surface area contributed by atoms with Gasteiger partial charge in [0, 0.05) is 6.07 Å². The number of esters is 1. The van der Waals surface area contributed by atoms with Gasteiger partial charge in [0.25, 0.3) is 5.69 Å². The third-order valence-electron chi connectivity index (χ3n) is 2.22. The van der Waals surface area contributed by atoms with Crippen LogP contribution in [0.5, 0.6) is 11.5 Å². The lowest BCUT2D eigenvalue weighted by Crippen LogP contribution is -2.08. The Bertz CT molecular complexity index is 490. The first kappa shape index (κ1) is 15.0. The molecule has 0 aromatic heterocycles. The first-order chi connectivity index (χ1) is 9.04. The molecule has 0 atom stereocenters. The van der Waals surface area contributed by atoms with Crippen LogP contribution in [0.3, 0.4) is 0 Å². The number of benzene rings is 1. The van der Waals surface area contributed by atoms with E-state index in [0.29, 0.717) is 0 Å². The maximum absolute atomic E-state index is 11.5. The van der Waals surface area contributed by atoms with E-state index in [0.717, 1.165) is 13.2 Å². The van der Waals surface area contributed by atoms with Gasteiger partial charge in [0.1, 0.15) is 12.2 Å². The molecule has 0 N–H and O–H groups in total. The predicted octanol–water partition coefficient (Wildman–Crippen LogP) is 2.01. The van der Waals surface area contributed by atoms with Crippen LogP contribution in [0, 0.1) is 10.1 Å². The van der Waals surface area contributed by atoms with Gasteiger partial charge in [-0.3, -0.25) is 10.1 Å². The predicted molar refractivity (Wildman–Crippen MR) is 67.2 cm³/mol. The van der Waals surface area contributed by atoms with Crippen molar-refractivity contribution in [1.82, 2.24) is 0 Å². The molecule has 7 nitrogen and oxygen atoms in total. The topological polar surface area (TPSA) is 87.9 Å². The molecule has 8 heteroatoms. The smallest absolute Gasteiger partial charge is 0.345 e. The average Bonchev–Trinajstić information content (AvgIpc) is 2.42. The van der Waals surface area contributed by atoms with Crippen molar-refractivity contribution < 1.29 is 23.9 Å². The third kappa shape index (κ3) is 3.47. The Morgan fingerprint density at radius 3 is 2.53 bits per heavy atom. The van der Waals surface area contributed by atoms with Gasteiger partial charge in [-0.05, 0) is 0 Å². The first-order valence-corrected chi connectivity index (χ1v) is 5.72. The van der Waals surface area contributed by atoms with Gasteiger partial charge in [0.05, 0.1) is 31.1 Å². The Kier molecular flexibility index (Phi) is 5.37. The van der Waals surface area contributed by atoms with Crippen molar-refractivity contribution in [2.24, 2.45) is 0 Å². The zero-order chi connectivity index (χ0) is 14.4. The molecule has 19 heavy (non-hydrogen) atoms. The lowest BCUT2D eigenvalue weighted by molar-refractivity contribution is -0.385. The number of carbonyl (C=O) groups excluding carboxylic acids is 1. The fourth-order valence-corrected chi connectivity index (χ4v) is 1.47. The molecule has 0 aliphatic heterocycles. The number of alkyl halides is 1. The van der Waals surface area contributed by atoms with Crippen LogP contribution in [-0.4, -0.2) is 37.6 Å². The molecule has 0 unspecified atom stereocenters. The second-order valence-corrected chi connectivity index (χ2v) is 3.68. The highest BCUT2D eigenvalue weighted by Gasteiger charge is 2.25. The van der Waals surface area contributed by atoms with E-state index in [1.165, 1.54) is 13.2 Å². The Morgan fingerprint density at radius 1 is 1.37 bits per heavy atom. The van der Waals surface area contributed by atoms with E-state index >= 15 is 0 Å². The van der Waals surface area contributed by atoms with Crippen molar-refractivity contribution in [1.29, 1.82) is 0 Å². The molecule has 0 spiro atoms. The molecule has 104 valence electrons. The van der Waals surface area contributed by atoms with E-state index in [4.69, 9.17) is 21.1 Å². The highest BCUT2D eigenvalue weighted by molar-refractivity contribution is 6.18. The van der Waals surface area contributed by atoms with Crippen LogP contribution in [0.15, 0.2) is 12.1 Å². The van der Waals surface area contributed by atoms with Gasteiger partial charge in [0.2, 0.25) is 0 Å². The molecule has 1 rings (SSSR count). The number of hydrogen-bond acceptors (Lipinski definition) is 6. The molecule has 0 saturated carbocycles. The molecule has 0 aliphatic rings. The summed E-state index contributed by atoms with van der Waals surface area (Å²) in [6.45, 7) is 0.177. The summed E-state index contributed by atoms with van der Waals surface area (Å²) in [4.78, 5) is 21.7. The summed E-state index contributed by atoms with van der Waals surface area (Å²) in [7, 11) is 2.47. The van der Waals surface area contributed by atoms with Crippen LogP contribution < -0.4 is 9.47 Å². The van der Waals surface area contributed by atoms with Gasteiger partial charge in [-0.2, -0.15) is 0 Å². The molecular formula is C11H12ClNO6. The molecule has 0 aliphatic carbocycles. The normalized spacial score (nSPS) is 9.84. The Hall–Kier alpha value is -2.02. The van der Waals surface area contributed by atoms with Crippen LogP contribution in [0.4, 0.5) is 5.69 Å². The fraction of sp³-hybridized carbons (Fsp3) is 0.364. The molecule has 1 aromatic rings. The molecule has 0 fully saturated rings. The summed E-state index contributed by atoms with van der Waals surface area (Å²) >= 11 is 5.49. The summed E-state index contributed by atoms with van der Waals surface area (Å²) in [6.07, 6.45) is 0. The van der Waals surface area contributed by atoms with Gasteiger partial charge in [-0.1, -0.05) is 0 Å². The van der Waals surface area contributed by atoms with Crippen LogP contribution in [0.1, 0.15) is 10.4 Å². The highest BCUT2D eigenvalue weighted by Crippen LogP contribution is 2.35. The maximum atomic E-state index is 11.5. The number of ether oxygens (including phenoxy) is 3. The van der Waals surface area contributed by atoms with E-state index in [-0.39, 0.29) is 29.5 Å². The van der Waals surface area contributed by atoms with E-state index in [2.05, 4.69) is 4.74 Å². The monoisotopic (exact) mass is 289 g/mol. The third-order valence-corrected chi connectivity index (χ3v) is 2.37.